The van der Waals surface area contributed by atoms with Crippen molar-refractivity contribution in [2.75, 3.05) is 13.7 Å². The highest BCUT2D eigenvalue weighted by molar-refractivity contribution is 5.78. The topological polar surface area (TPSA) is 55.8 Å². The van der Waals surface area contributed by atoms with Gasteiger partial charge in [0, 0.05) is 0 Å². The number of ether oxygens (including phenoxy) is 2. The van der Waals surface area contributed by atoms with Crippen LogP contribution in [0.25, 0.3) is 0 Å². The van der Waals surface area contributed by atoms with Gasteiger partial charge in [0.2, 0.25) is 0 Å². The third-order valence-electron chi connectivity index (χ3n) is 2.30. The first-order valence-electron chi connectivity index (χ1n) is 5.30. The maximum absolute atomic E-state index is 13.6. The normalized spacial score (nSPS) is 12.9. The van der Waals surface area contributed by atoms with Crippen LogP contribution >= 0.6 is 0 Å². The molecule has 0 amide bonds. The van der Waals surface area contributed by atoms with E-state index in [2.05, 4.69) is 4.74 Å². The highest BCUT2D eigenvalue weighted by Crippen LogP contribution is 2.33. The van der Waals surface area contributed by atoms with Crippen LogP contribution in [0.2, 0.25) is 0 Å². The summed E-state index contributed by atoms with van der Waals surface area (Å²) in [6, 6.07) is 5.50. The zero-order valence-corrected chi connectivity index (χ0v) is 10.0. The molecule has 0 radical (unpaired) electrons. The van der Waals surface area contributed by atoms with Gasteiger partial charge in [-0.3, -0.25) is 0 Å². The number of hydrogen-bond acceptors (Lipinski definition) is 4. The van der Waals surface area contributed by atoms with E-state index in [1.54, 1.807) is 6.07 Å². The molecule has 100 valence electrons. The van der Waals surface area contributed by atoms with Gasteiger partial charge in [-0.05, 0) is 24.6 Å². The molecule has 1 N–H and O–H groups in total. The maximum atomic E-state index is 13.6. The fourth-order valence-corrected chi connectivity index (χ4v) is 1.36. The SMILES string of the molecule is CCOC(=O)C(F)(F)[C@@H](O)c1cccc(OC)c1. The molecule has 1 atom stereocenters. The second-order valence-electron chi connectivity index (χ2n) is 3.52. The number of methoxy groups -OCH3 is 1. The van der Waals surface area contributed by atoms with Crippen molar-refractivity contribution in [3.63, 3.8) is 0 Å². The Morgan fingerprint density at radius 3 is 2.72 bits per heavy atom. The molecule has 0 heterocycles. The summed E-state index contributed by atoms with van der Waals surface area (Å²) >= 11 is 0. The number of aliphatic hydroxyl groups excluding tert-OH is 1. The van der Waals surface area contributed by atoms with Crippen LogP contribution in [0.3, 0.4) is 0 Å². The van der Waals surface area contributed by atoms with Gasteiger partial charge < -0.3 is 14.6 Å². The van der Waals surface area contributed by atoms with Gasteiger partial charge >= 0.3 is 11.9 Å². The van der Waals surface area contributed by atoms with E-state index >= 15 is 0 Å². The van der Waals surface area contributed by atoms with Crippen LogP contribution < -0.4 is 4.74 Å². The van der Waals surface area contributed by atoms with E-state index in [0.29, 0.717) is 5.75 Å². The van der Waals surface area contributed by atoms with Crippen molar-refractivity contribution >= 4 is 5.97 Å². The lowest BCUT2D eigenvalue weighted by Crippen LogP contribution is -2.37. The zero-order chi connectivity index (χ0) is 13.8. The Kier molecular flexibility index (Phi) is 4.61. The summed E-state index contributed by atoms with van der Waals surface area (Å²) in [4.78, 5) is 11.1. The van der Waals surface area contributed by atoms with Gasteiger partial charge in [0.1, 0.15) is 5.75 Å². The molecule has 1 aromatic carbocycles. The first kappa shape index (κ1) is 14.4. The number of carbonyl (C=O) groups excluding carboxylic acids is 1. The third-order valence-corrected chi connectivity index (χ3v) is 2.30. The van der Waals surface area contributed by atoms with Crippen molar-refractivity contribution < 1.29 is 28.2 Å². The number of carbonyl (C=O) groups is 1. The number of aliphatic hydroxyl groups is 1. The molecular weight excluding hydrogens is 246 g/mol. The molecule has 6 heteroatoms. The van der Waals surface area contributed by atoms with Crippen molar-refractivity contribution in [3.05, 3.63) is 29.8 Å². The molecule has 4 nitrogen and oxygen atoms in total. The fourth-order valence-electron chi connectivity index (χ4n) is 1.36. The highest BCUT2D eigenvalue weighted by atomic mass is 19.3. The first-order valence-corrected chi connectivity index (χ1v) is 5.30. The van der Waals surface area contributed by atoms with Gasteiger partial charge in [-0.15, -0.1) is 0 Å². The van der Waals surface area contributed by atoms with Gasteiger partial charge in [0.05, 0.1) is 13.7 Å². The fraction of sp³-hybridized carbons (Fsp3) is 0.417. The Morgan fingerprint density at radius 1 is 1.50 bits per heavy atom. The van der Waals surface area contributed by atoms with Crippen molar-refractivity contribution in [1.82, 2.24) is 0 Å². The minimum atomic E-state index is -4.00. The van der Waals surface area contributed by atoms with E-state index in [4.69, 9.17) is 4.74 Å². The summed E-state index contributed by atoms with van der Waals surface area (Å²) in [7, 11) is 1.37. The van der Waals surface area contributed by atoms with Crippen molar-refractivity contribution in [3.8, 4) is 5.75 Å². The van der Waals surface area contributed by atoms with Gasteiger partial charge in [0.15, 0.2) is 6.10 Å². The molecule has 0 unspecified atom stereocenters. The summed E-state index contributed by atoms with van der Waals surface area (Å²) < 4.78 is 36.2. The Labute approximate surface area is 103 Å². The van der Waals surface area contributed by atoms with Gasteiger partial charge in [0.25, 0.3) is 0 Å². The number of rotatable bonds is 5. The second-order valence-corrected chi connectivity index (χ2v) is 3.52. The summed E-state index contributed by atoms with van der Waals surface area (Å²) in [5, 5.41) is 9.56. The van der Waals surface area contributed by atoms with Gasteiger partial charge in [-0.1, -0.05) is 12.1 Å². The van der Waals surface area contributed by atoms with Crippen LogP contribution in [0.5, 0.6) is 5.75 Å². The first-order chi connectivity index (χ1) is 8.43. The number of benzene rings is 1. The molecule has 0 aromatic heterocycles. The van der Waals surface area contributed by atoms with Crippen molar-refractivity contribution in [2.24, 2.45) is 0 Å². The van der Waals surface area contributed by atoms with E-state index < -0.39 is 18.0 Å². The van der Waals surface area contributed by atoms with E-state index in [9.17, 15) is 18.7 Å². The monoisotopic (exact) mass is 260 g/mol. The molecule has 1 rings (SSSR count). The molecular formula is C12H14F2O4. The quantitative estimate of drug-likeness (QED) is 0.822. The van der Waals surface area contributed by atoms with Gasteiger partial charge in [-0.2, -0.15) is 8.78 Å². The van der Waals surface area contributed by atoms with Crippen molar-refractivity contribution in [1.29, 1.82) is 0 Å². The molecule has 0 aliphatic heterocycles. The predicted molar refractivity (Wildman–Crippen MR) is 59.5 cm³/mol. The highest BCUT2D eigenvalue weighted by Gasteiger charge is 2.49. The Balaban J connectivity index is 2.97. The number of alkyl halides is 2. The van der Waals surface area contributed by atoms with Gasteiger partial charge in [-0.25, -0.2) is 4.79 Å². The molecule has 1 aromatic rings. The lowest BCUT2D eigenvalue weighted by atomic mass is 10.0. The molecule has 0 spiro atoms. The molecule has 0 bridgehead atoms. The zero-order valence-electron chi connectivity index (χ0n) is 10.0. The minimum absolute atomic E-state index is 0.118. The smallest absolute Gasteiger partial charge is 0.380 e. The number of halogens is 2. The predicted octanol–water partition coefficient (Wildman–Crippen LogP) is 1.93. The van der Waals surface area contributed by atoms with E-state index in [0.717, 1.165) is 0 Å². The standard InChI is InChI=1S/C12H14F2O4/c1-3-18-11(16)12(13,14)10(15)8-5-4-6-9(7-8)17-2/h4-7,10,15H,3H2,1-2H3/t10-/m0/s1. The molecule has 0 saturated carbocycles. The Morgan fingerprint density at radius 2 is 2.17 bits per heavy atom. The third kappa shape index (κ3) is 2.95. The molecule has 0 aliphatic rings. The molecule has 0 fully saturated rings. The van der Waals surface area contributed by atoms with Crippen LogP contribution in [0.4, 0.5) is 8.78 Å². The molecule has 0 saturated heterocycles. The minimum Gasteiger partial charge on any atom is -0.497 e. The Hall–Kier alpha value is -1.69. The van der Waals surface area contributed by atoms with E-state index in [1.165, 1.54) is 32.2 Å². The second kappa shape index (κ2) is 5.77. The maximum Gasteiger partial charge on any atom is 0.380 e. The van der Waals surface area contributed by atoms with Crippen LogP contribution in [-0.2, 0) is 9.53 Å². The molecule has 0 aliphatic carbocycles. The van der Waals surface area contributed by atoms with Crippen LogP contribution in [-0.4, -0.2) is 30.7 Å². The number of hydrogen-bond donors (Lipinski definition) is 1. The van der Waals surface area contributed by atoms with Crippen LogP contribution in [0.15, 0.2) is 24.3 Å². The largest absolute Gasteiger partial charge is 0.497 e. The lowest BCUT2D eigenvalue weighted by molar-refractivity contribution is -0.189. The van der Waals surface area contributed by atoms with E-state index in [1.807, 2.05) is 0 Å². The summed E-state index contributed by atoms with van der Waals surface area (Å²) in [5.41, 5.74) is -0.118. The average Bonchev–Trinajstić information content (AvgIpc) is 2.38. The van der Waals surface area contributed by atoms with Crippen molar-refractivity contribution in [2.45, 2.75) is 19.0 Å². The Bertz CT molecular complexity index is 420. The average molecular weight is 260 g/mol. The summed E-state index contributed by atoms with van der Waals surface area (Å²) in [6.45, 7) is 1.23. The summed E-state index contributed by atoms with van der Waals surface area (Å²) in [6.07, 6.45) is -2.27. The van der Waals surface area contributed by atoms with Crippen LogP contribution in [0.1, 0.15) is 18.6 Å². The van der Waals surface area contributed by atoms with Crippen LogP contribution in [0, 0.1) is 0 Å². The molecule has 18 heavy (non-hydrogen) atoms. The lowest BCUT2D eigenvalue weighted by Gasteiger charge is -2.21. The summed E-state index contributed by atoms with van der Waals surface area (Å²) in [5.74, 6) is -5.44. The van der Waals surface area contributed by atoms with E-state index in [-0.39, 0.29) is 12.2 Å². The number of esters is 1.